The van der Waals surface area contributed by atoms with Gasteiger partial charge in [0.15, 0.2) is 5.65 Å². The normalized spacial score (nSPS) is 11.4. The van der Waals surface area contributed by atoms with E-state index in [0.29, 0.717) is 16.2 Å². The Balaban J connectivity index is 1.79. The van der Waals surface area contributed by atoms with E-state index in [1.165, 1.54) is 16.0 Å². The van der Waals surface area contributed by atoms with E-state index in [-0.39, 0.29) is 5.56 Å². The lowest BCUT2D eigenvalue weighted by molar-refractivity contribution is 0.851. The van der Waals surface area contributed by atoms with Crippen LogP contribution in [-0.4, -0.2) is 19.7 Å². The van der Waals surface area contributed by atoms with Crippen molar-refractivity contribution < 1.29 is 0 Å². The fraction of sp³-hybridized carbons (Fsp3) is 0. The number of nitrogens with one attached hydrogen (secondary N) is 1. The summed E-state index contributed by atoms with van der Waals surface area (Å²) >= 11 is 1.47. The second kappa shape index (κ2) is 5.39. The van der Waals surface area contributed by atoms with Gasteiger partial charge in [0, 0.05) is 6.20 Å². The van der Waals surface area contributed by atoms with Crippen LogP contribution in [0.1, 0.15) is 0 Å². The standard InChI is InChI=1S/C19H12N4OS/c24-18-16-13(12-6-2-1-3-7-12)10-11-20-17(16)22-23(18)19-21-14-8-4-5-9-15(14)25-19/h1-11H,(H,20,22). The van der Waals surface area contributed by atoms with Crippen LogP contribution in [0, 0.1) is 0 Å². The largest absolute Gasteiger partial charge is 0.283 e. The van der Waals surface area contributed by atoms with Gasteiger partial charge in [-0.15, -0.1) is 0 Å². The number of aromatic nitrogens is 4. The summed E-state index contributed by atoms with van der Waals surface area (Å²) in [6.45, 7) is 0. The fourth-order valence-electron chi connectivity index (χ4n) is 2.98. The molecule has 1 N–H and O–H groups in total. The number of pyridine rings is 1. The van der Waals surface area contributed by atoms with Crippen molar-refractivity contribution in [1.82, 2.24) is 19.7 Å². The molecule has 3 aromatic heterocycles. The van der Waals surface area contributed by atoms with Gasteiger partial charge in [-0.2, -0.15) is 4.68 Å². The van der Waals surface area contributed by atoms with Crippen LogP contribution in [0.25, 0.3) is 37.5 Å². The molecule has 5 rings (SSSR count). The molecule has 3 heterocycles. The Morgan fingerprint density at radius 1 is 0.960 bits per heavy atom. The van der Waals surface area contributed by atoms with Crippen molar-refractivity contribution in [1.29, 1.82) is 0 Å². The SMILES string of the molecule is O=c1c2c(-c3ccccc3)ccnc2[nH]n1-c1nc2ccccc2s1. The Bertz CT molecular complexity index is 1230. The van der Waals surface area contributed by atoms with Crippen LogP contribution >= 0.6 is 11.3 Å². The molecule has 0 bridgehead atoms. The third-order valence-electron chi connectivity index (χ3n) is 4.14. The molecule has 0 saturated carbocycles. The highest BCUT2D eigenvalue weighted by molar-refractivity contribution is 7.20. The number of benzene rings is 2. The van der Waals surface area contributed by atoms with Crippen LogP contribution in [0.2, 0.25) is 0 Å². The molecule has 6 heteroatoms. The van der Waals surface area contributed by atoms with Gasteiger partial charge in [-0.05, 0) is 29.3 Å². The van der Waals surface area contributed by atoms with Crippen LogP contribution in [0.15, 0.2) is 71.7 Å². The van der Waals surface area contributed by atoms with Crippen molar-refractivity contribution in [2.24, 2.45) is 0 Å². The smallest absolute Gasteiger partial charge is 0.271 e. The van der Waals surface area contributed by atoms with Gasteiger partial charge >= 0.3 is 0 Å². The molecule has 0 spiro atoms. The van der Waals surface area contributed by atoms with Gasteiger partial charge in [-0.1, -0.05) is 53.8 Å². The number of rotatable bonds is 2. The van der Waals surface area contributed by atoms with E-state index >= 15 is 0 Å². The summed E-state index contributed by atoms with van der Waals surface area (Å²) in [6, 6.07) is 19.6. The summed E-state index contributed by atoms with van der Waals surface area (Å²) in [6.07, 6.45) is 1.71. The molecule has 0 atom stereocenters. The van der Waals surface area contributed by atoms with Crippen LogP contribution in [0.3, 0.4) is 0 Å². The van der Waals surface area contributed by atoms with Gasteiger partial charge in [-0.25, -0.2) is 9.97 Å². The minimum Gasteiger partial charge on any atom is -0.271 e. The molecule has 120 valence electrons. The first-order valence-corrected chi connectivity index (χ1v) is 8.64. The summed E-state index contributed by atoms with van der Waals surface area (Å²) in [5, 5.41) is 4.28. The maximum Gasteiger partial charge on any atom is 0.283 e. The first kappa shape index (κ1) is 14.1. The van der Waals surface area contributed by atoms with E-state index in [9.17, 15) is 4.79 Å². The Morgan fingerprint density at radius 2 is 1.76 bits per heavy atom. The number of aromatic amines is 1. The number of thiazole rings is 1. The zero-order valence-corrected chi connectivity index (χ0v) is 13.8. The molecular weight excluding hydrogens is 332 g/mol. The molecule has 0 unspecified atom stereocenters. The highest BCUT2D eigenvalue weighted by Gasteiger charge is 2.16. The summed E-state index contributed by atoms with van der Waals surface area (Å²) < 4.78 is 2.52. The average molecular weight is 344 g/mol. The second-order valence-corrected chi connectivity index (χ2v) is 6.67. The van der Waals surface area contributed by atoms with E-state index in [4.69, 9.17) is 0 Å². The van der Waals surface area contributed by atoms with Gasteiger partial charge < -0.3 is 0 Å². The Morgan fingerprint density at radius 3 is 2.60 bits per heavy atom. The molecular formula is C19H12N4OS. The van der Waals surface area contributed by atoms with Gasteiger partial charge in [0.2, 0.25) is 5.13 Å². The summed E-state index contributed by atoms with van der Waals surface area (Å²) in [7, 11) is 0. The molecule has 5 nitrogen and oxygen atoms in total. The van der Waals surface area contributed by atoms with E-state index in [2.05, 4.69) is 15.1 Å². The molecule has 0 aliphatic rings. The van der Waals surface area contributed by atoms with Crippen LogP contribution in [0.5, 0.6) is 0 Å². The van der Waals surface area contributed by atoms with Gasteiger partial charge in [0.05, 0.1) is 15.6 Å². The van der Waals surface area contributed by atoms with Crippen LogP contribution < -0.4 is 5.56 Å². The van der Waals surface area contributed by atoms with E-state index in [0.717, 1.165) is 21.3 Å². The van der Waals surface area contributed by atoms with Crippen molar-refractivity contribution in [3.8, 4) is 16.3 Å². The highest BCUT2D eigenvalue weighted by atomic mass is 32.1. The Labute approximate surface area is 146 Å². The zero-order valence-electron chi connectivity index (χ0n) is 13.0. The lowest BCUT2D eigenvalue weighted by atomic mass is 10.0. The topological polar surface area (TPSA) is 63.6 Å². The highest BCUT2D eigenvalue weighted by Crippen LogP contribution is 2.27. The van der Waals surface area contributed by atoms with Crippen LogP contribution in [0.4, 0.5) is 0 Å². The number of H-pyrrole nitrogens is 1. The minimum atomic E-state index is -0.138. The zero-order chi connectivity index (χ0) is 16.8. The quantitative estimate of drug-likeness (QED) is 0.527. The number of hydrogen-bond donors (Lipinski definition) is 1. The van der Waals surface area contributed by atoms with Crippen molar-refractivity contribution in [3.63, 3.8) is 0 Å². The third-order valence-corrected chi connectivity index (χ3v) is 5.17. The molecule has 0 amide bonds. The Hall–Kier alpha value is -3.25. The van der Waals surface area contributed by atoms with Crippen molar-refractivity contribution in [2.75, 3.05) is 0 Å². The Kier molecular flexibility index (Phi) is 3.05. The van der Waals surface area contributed by atoms with Gasteiger partial charge in [0.25, 0.3) is 5.56 Å². The lowest BCUT2D eigenvalue weighted by Gasteiger charge is -2.00. The number of fused-ring (bicyclic) bond motifs is 2. The van der Waals surface area contributed by atoms with Crippen molar-refractivity contribution in [2.45, 2.75) is 0 Å². The predicted molar refractivity (Wildman–Crippen MR) is 100 cm³/mol. The molecule has 5 aromatic rings. The van der Waals surface area contributed by atoms with Gasteiger partial charge in [-0.3, -0.25) is 9.89 Å². The number of hydrogen-bond acceptors (Lipinski definition) is 4. The minimum absolute atomic E-state index is 0.138. The molecule has 0 saturated heterocycles. The van der Waals surface area contributed by atoms with E-state index in [1.54, 1.807) is 6.20 Å². The number of para-hydroxylation sites is 1. The molecule has 0 aliphatic heterocycles. The maximum absolute atomic E-state index is 13.1. The molecule has 2 aromatic carbocycles. The van der Waals surface area contributed by atoms with E-state index < -0.39 is 0 Å². The summed E-state index contributed by atoms with van der Waals surface area (Å²) in [5.41, 5.74) is 3.16. The van der Waals surface area contributed by atoms with E-state index in [1.807, 2.05) is 60.7 Å². The van der Waals surface area contributed by atoms with Crippen molar-refractivity contribution in [3.05, 3.63) is 77.2 Å². The third kappa shape index (κ3) is 2.19. The monoisotopic (exact) mass is 344 g/mol. The number of nitrogens with zero attached hydrogens (tertiary/aromatic N) is 3. The second-order valence-electron chi connectivity index (χ2n) is 5.66. The average Bonchev–Trinajstić information content (AvgIpc) is 3.23. The van der Waals surface area contributed by atoms with Gasteiger partial charge in [0.1, 0.15) is 0 Å². The summed E-state index contributed by atoms with van der Waals surface area (Å²) in [5.74, 6) is 0. The predicted octanol–water partition coefficient (Wildman–Crippen LogP) is 3.99. The van der Waals surface area contributed by atoms with Crippen LogP contribution in [-0.2, 0) is 0 Å². The first-order valence-electron chi connectivity index (χ1n) is 7.82. The molecule has 0 radical (unpaired) electrons. The summed E-state index contributed by atoms with van der Waals surface area (Å²) in [4.78, 5) is 22.0. The molecule has 25 heavy (non-hydrogen) atoms. The fourth-order valence-corrected chi connectivity index (χ4v) is 3.91. The molecule has 0 fully saturated rings. The maximum atomic E-state index is 13.1. The first-order chi connectivity index (χ1) is 12.3. The lowest BCUT2D eigenvalue weighted by Crippen LogP contribution is -2.14. The molecule has 0 aliphatic carbocycles. The van der Waals surface area contributed by atoms with Crippen molar-refractivity contribution >= 4 is 32.6 Å².